The van der Waals surface area contributed by atoms with Crippen LogP contribution < -0.4 is 5.32 Å². The van der Waals surface area contributed by atoms with Crippen molar-refractivity contribution in [1.82, 2.24) is 5.32 Å². The van der Waals surface area contributed by atoms with E-state index in [0.29, 0.717) is 12.1 Å². The topological polar surface area (TPSA) is 21.3 Å². The van der Waals surface area contributed by atoms with Gasteiger partial charge in [0, 0.05) is 12.6 Å². The summed E-state index contributed by atoms with van der Waals surface area (Å²) in [5.41, 5.74) is 0.118. The maximum Gasteiger partial charge on any atom is 0.0810 e. The number of ether oxygens (including phenoxy) is 1. The summed E-state index contributed by atoms with van der Waals surface area (Å²) in [5, 5.41) is 3.65. The fraction of sp³-hybridized carbons (Fsp3) is 1.00. The standard InChI is InChI=1S/C18H35NO/c1-14(2)19-13-18(11-9-15(3)10-12-18)20-17-8-6-5-7-16(17)4/h14-17,19H,5-13H2,1-4H3. The highest BCUT2D eigenvalue weighted by Gasteiger charge is 2.38. The minimum Gasteiger partial charge on any atom is -0.370 e. The average molecular weight is 281 g/mol. The maximum absolute atomic E-state index is 6.77. The van der Waals surface area contributed by atoms with Crippen LogP contribution in [0, 0.1) is 11.8 Å². The molecular weight excluding hydrogens is 246 g/mol. The van der Waals surface area contributed by atoms with Crippen molar-refractivity contribution in [2.75, 3.05) is 6.54 Å². The molecule has 2 atom stereocenters. The molecule has 0 saturated heterocycles. The van der Waals surface area contributed by atoms with Crippen LogP contribution in [0.3, 0.4) is 0 Å². The van der Waals surface area contributed by atoms with E-state index in [9.17, 15) is 0 Å². The highest BCUT2D eigenvalue weighted by atomic mass is 16.5. The van der Waals surface area contributed by atoms with Crippen LogP contribution in [0.15, 0.2) is 0 Å². The average Bonchev–Trinajstić information content (AvgIpc) is 2.42. The van der Waals surface area contributed by atoms with E-state index in [4.69, 9.17) is 4.74 Å². The van der Waals surface area contributed by atoms with Crippen LogP contribution in [-0.2, 0) is 4.74 Å². The van der Waals surface area contributed by atoms with E-state index < -0.39 is 0 Å². The van der Waals surface area contributed by atoms with Crippen LogP contribution in [0.25, 0.3) is 0 Å². The van der Waals surface area contributed by atoms with Gasteiger partial charge >= 0.3 is 0 Å². The molecule has 2 heteroatoms. The normalized spacial score (nSPS) is 39.1. The molecule has 20 heavy (non-hydrogen) atoms. The third-order valence-corrected chi connectivity index (χ3v) is 5.45. The molecule has 0 spiro atoms. The lowest BCUT2D eigenvalue weighted by Crippen LogP contribution is -2.50. The second-order valence-corrected chi connectivity index (χ2v) is 7.82. The zero-order chi connectivity index (χ0) is 14.6. The van der Waals surface area contributed by atoms with Crippen LogP contribution in [0.4, 0.5) is 0 Å². The smallest absolute Gasteiger partial charge is 0.0810 e. The Balaban J connectivity index is 1.97. The molecule has 0 heterocycles. The highest BCUT2D eigenvalue weighted by molar-refractivity contribution is 4.91. The Kier molecular flexibility index (Phi) is 5.92. The predicted molar refractivity (Wildman–Crippen MR) is 86.0 cm³/mol. The number of nitrogens with one attached hydrogen (secondary N) is 1. The molecule has 0 aromatic rings. The fourth-order valence-electron chi connectivity index (χ4n) is 3.79. The van der Waals surface area contributed by atoms with Crippen molar-refractivity contribution >= 4 is 0 Å². The molecule has 0 aromatic carbocycles. The van der Waals surface area contributed by atoms with Crippen LogP contribution in [0.5, 0.6) is 0 Å². The number of rotatable bonds is 5. The van der Waals surface area contributed by atoms with Gasteiger partial charge in [-0.2, -0.15) is 0 Å². The molecule has 0 aromatic heterocycles. The summed E-state index contributed by atoms with van der Waals surface area (Å²) in [6.07, 6.45) is 11.1. The van der Waals surface area contributed by atoms with Gasteiger partial charge in [-0.15, -0.1) is 0 Å². The molecule has 2 saturated carbocycles. The van der Waals surface area contributed by atoms with E-state index in [-0.39, 0.29) is 5.60 Å². The molecule has 0 radical (unpaired) electrons. The monoisotopic (exact) mass is 281 g/mol. The SMILES string of the molecule is CC1CCC(CNC(C)C)(OC2CCCCC2C)CC1. The van der Waals surface area contributed by atoms with Crippen LogP contribution >= 0.6 is 0 Å². The van der Waals surface area contributed by atoms with Gasteiger partial charge in [-0.25, -0.2) is 0 Å². The van der Waals surface area contributed by atoms with E-state index in [1.54, 1.807) is 0 Å². The third kappa shape index (κ3) is 4.46. The first-order chi connectivity index (χ1) is 9.51. The van der Waals surface area contributed by atoms with Crippen molar-refractivity contribution in [2.24, 2.45) is 11.8 Å². The maximum atomic E-state index is 6.77. The fourth-order valence-corrected chi connectivity index (χ4v) is 3.79. The molecular formula is C18H35NO. The van der Waals surface area contributed by atoms with Crippen molar-refractivity contribution in [3.8, 4) is 0 Å². The lowest BCUT2D eigenvalue weighted by atomic mass is 9.78. The molecule has 2 fully saturated rings. The Labute approximate surface area is 126 Å². The van der Waals surface area contributed by atoms with Gasteiger partial charge in [0.1, 0.15) is 0 Å². The van der Waals surface area contributed by atoms with E-state index in [0.717, 1.165) is 18.4 Å². The summed E-state index contributed by atoms with van der Waals surface area (Å²) in [4.78, 5) is 0. The van der Waals surface area contributed by atoms with Crippen LogP contribution in [0.2, 0.25) is 0 Å². The van der Waals surface area contributed by atoms with Gasteiger partial charge < -0.3 is 10.1 Å². The Bertz CT molecular complexity index is 281. The van der Waals surface area contributed by atoms with E-state index in [1.807, 2.05) is 0 Å². The van der Waals surface area contributed by atoms with Gasteiger partial charge in [0.25, 0.3) is 0 Å². The van der Waals surface area contributed by atoms with Crippen LogP contribution in [-0.4, -0.2) is 24.3 Å². The molecule has 2 aliphatic rings. The van der Waals surface area contributed by atoms with Gasteiger partial charge in [0.2, 0.25) is 0 Å². The van der Waals surface area contributed by atoms with Gasteiger partial charge in [0.05, 0.1) is 11.7 Å². The first-order valence-corrected chi connectivity index (χ1v) is 8.92. The number of hydrogen-bond acceptors (Lipinski definition) is 2. The molecule has 0 aliphatic heterocycles. The molecule has 1 N–H and O–H groups in total. The van der Waals surface area contributed by atoms with Crippen molar-refractivity contribution in [3.05, 3.63) is 0 Å². The Hall–Kier alpha value is -0.0800. The zero-order valence-corrected chi connectivity index (χ0v) is 14.1. The Morgan fingerprint density at radius 1 is 1.05 bits per heavy atom. The predicted octanol–water partition coefficient (Wildman–Crippen LogP) is 4.53. The first kappa shape index (κ1) is 16.3. The van der Waals surface area contributed by atoms with Gasteiger partial charge in [-0.3, -0.25) is 0 Å². The van der Waals surface area contributed by atoms with Crippen molar-refractivity contribution < 1.29 is 4.74 Å². The molecule has 0 bridgehead atoms. The summed E-state index contributed by atoms with van der Waals surface area (Å²) in [5.74, 6) is 1.63. The molecule has 0 amide bonds. The second kappa shape index (κ2) is 7.26. The summed E-state index contributed by atoms with van der Waals surface area (Å²) in [6, 6.07) is 0.554. The van der Waals surface area contributed by atoms with Crippen molar-refractivity contribution in [1.29, 1.82) is 0 Å². The molecule has 2 aliphatic carbocycles. The summed E-state index contributed by atoms with van der Waals surface area (Å²) >= 11 is 0. The quantitative estimate of drug-likeness (QED) is 0.799. The lowest BCUT2D eigenvalue weighted by Gasteiger charge is -2.44. The molecule has 118 valence electrons. The summed E-state index contributed by atoms with van der Waals surface area (Å²) < 4.78 is 6.77. The molecule has 2 rings (SSSR count). The van der Waals surface area contributed by atoms with Gasteiger partial charge in [-0.05, 0) is 50.4 Å². The minimum atomic E-state index is 0.118. The Morgan fingerprint density at radius 2 is 1.70 bits per heavy atom. The van der Waals surface area contributed by atoms with Gasteiger partial charge in [-0.1, -0.05) is 40.5 Å². The Morgan fingerprint density at radius 3 is 2.30 bits per heavy atom. The minimum absolute atomic E-state index is 0.118. The van der Waals surface area contributed by atoms with Gasteiger partial charge in [0.15, 0.2) is 0 Å². The summed E-state index contributed by atoms with van der Waals surface area (Å²) in [7, 11) is 0. The second-order valence-electron chi connectivity index (χ2n) is 7.82. The molecule has 2 unspecified atom stereocenters. The summed E-state index contributed by atoms with van der Waals surface area (Å²) in [6.45, 7) is 10.3. The van der Waals surface area contributed by atoms with E-state index in [2.05, 4.69) is 33.0 Å². The van der Waals surface area contributed by atoms with Crippen LogP contribution in [0.1, 0.15) is 79.1 Å². The van der Waals surface area contributed by atoms with E-state index >= 15 is 0 Å². The van der Waals surface area contributed by atoms with Crippen molar-refractivity contribution in [2.45, 2.75) is 96.8 Å². The van der Waals surface area contributed by atoms with Crippen molar-refractivity contribution in [3.63, 3.8) is 0 Å². The largest absolute Gasteiger partial charge is 0.370 e. The third-order valence-electron chi connectivity index (χ3n) is 5.45. The highest BCUT2D eigenvalue weighted by Crippen LogP contribution is 2.38. The number of hydrogen-bond donors (Lipinski definition) is 1. The zero-order valence-electron chi connectivity index (χ0n) is 14.1. The first-order valence-electron chi connectivity index (χ1n) is 8.92. The lowest BCUT2D eigenvalue weighted by molar-refractivity contribution is -0.142. The van der Waals surface area contributed by atoms with E-state index in [1.165, 1.54) is 51.4 Å². The molecule has 2 nitrogen and oxygen atoms in total.